The molecule has 0 bridgehead atoms. The van der Waals surface area contributed by atoms with Crippen molar-refractivity contribution in [3.05, 3.63) is 29.8 Å². The van der Waals surface area contributed by atoms with Crippen molar-refractivity contribution in [3.63, 3.8) is 0 Å². The van der Waals surface area contributed by atoms with Gasteiger partial charge < -0.3 is 11.1 Å². The first-order valence-corrected chi connectivity index (χ1v) is 5.61. The average Bonchev–Trinajstić information content (AvgIpc) is 2.76. The minimum atomic E-state index is -0.467. The molecular formula is C12H12N4O3. The quantitative estimate of drug-likeness (QED) is 0.585. The Morgan fingerprint density at radius 1 is 1.37 bits per heavy atom. The van der Waals surface area contributed by atoms with Gasteiger partial charge in [-0.2, -0.15) is 0 Å². The average molecular weight is 260 g/mol. The number of anilines is 1. The molecule has 0 unspecified atom stereocenters. The van der Waals surface area contributed by atoms with E-state index < -0.39 is 11.9 Å². The smallest absolute Gasteiger partial charge is 0.328 e. The van der Waals surface area contributed by atoms with E-state index in [1.54, 1.807) is 0 Å². The highest BCUT2D eigenvalue weighted by atomic mass is 16.2. The summed E-state index contributed by atoms with van der Waals surface area (Å²) in [5.74, 6) is -0.751. The van der Waals surface area contributed by atoms with E-state index in [4.69, 9.17) is 5.73 Å². The Morgan fingerprint density at radius 3 is 2.58 bits per heavy atom. The number of nitrogens with two attached hydrogens (primary N) is 1. The van der Waals surface area contributed by atoms with Crippen LogP contribution in [0.3, 0.4) is 0 Å². The Labute approximate surface area is 109 Å². The van der Waals surface area contributed by atoms with Gasteiger partial charge in [-0.15, -0.1) is 0 Å². The van der Waals surface area contributed by atoms with Gasteiger partial charge in [-0.05, 0) is 24.3 Å². The summed E-state index contributed by atoms with van der Waals surface area (Å²) in [7, 11) is 0. The van der Waals surface area contributed by atoms with E-state index in [2.05, 4.69) is 10.3 Å². The molecule has 19 heavy (non-hydrogen) atoms. The molecule has 0 radical (unpaired) electrons. The lowest BCUT2D eigenvalue weighted by atomic mass is 10.2. The minimum Gasteiger partial charge on any atom is -0.328 e. The second kappa shape index (κ2) is 5.40. The lowest BCUT2D eigenvalue weighted by Crippen LogP contribution is -2.30. The van der Waals surface area contributed by atoms with Crippen molar-refractivity contribution >= 4 is 29.7 Å². The molecule has 4 amide bonds. The van der Waals surface area contributed by atoms with Crippen LogP contribution >= 0.6 is 0 Å². The molecule has 1 aromatic carbocycles. The molecule has 98 valence electrons. The summed E-state index contributed by atoms with van der Waals surface area (Å²) in [5.41, 5.74) is 5.98. The van der Waals surface area contributed by atoms with Crippen LogP contribution in [0, 0.1) is 0 Å². The van der Waals surface area contributed by atoms with E-state index in [1.807, 2.05) is 0 Å². The zero-order valence-corrected chi connectivity index (χ0v) is 10.00. The highest BCUT2D eigenvalue weighted by Gasteiger charge is 2.29. The molecule has 0 spiro atoms. The maximum absolute atomic E-state index is 11.6. The Morgan fingerprint density at radius 2 is 2.05 bits per heavy atom. The summed E-state index contributed by atoms with van der Waals surface area (Å²) >= 11 is 0. The third-order valence-corrected chi connectivity index (χ3v) is 2.53. The standard InChI is InChI=1S/C12H12N4O3/c13-5-6-14-11(18)8-1-3-9(4-2-8)16-10(17)7-15-12(16)19/h1-4,6H,5,7,13H2,(H,15,19). The summed E-state index contributed by atoms with van der Waals surface area (Å²) in [6.45, 7) is 0.173. The molecular weight excluding hydrogens is 248 g/mol. The van der Waals surface area contributed by atoms with Crippen LogP contribution in [0.25, 0.3) is 0 Å². The minimum absolute atomic E-state index is 0.0136. The number of benzene rings is 1. The van der Waals surface area contributed by atoms with Crippen molar-refractivity contribution < 1.29 is 14.4 Å². The van der Waals surface area contributed by atoms with Crippen LogP contribution in [-0.2, 0) is 4.79 Å². The van der Waals surface area contributed by atoms with Crippen LogP contribution in [-0.4, -0.2) is 37.1 Å². The Hall–Kier alpha value is -2.54. The zero-order chi connectivity index (χ0) is 13.8. The van der Waals surface area contributed by atoms with E-state index in [1.165, 1.54) is 30.5 Å². The van der Waals surface area contributed by atoms with Crippen molar-refractivity contribution in [2.45, 2.75) is 0 Å². The molecule has 0 saturated carbocycles. The largest absolute Gasteiger partial charge is 0.329 e. The van der Waals surface area contributed by atoms with Crippen LogP contribution in [0.5, 0.6) is 0 Å². The first-order chi connectivity index (χ1) is 9.13. The monoisotopic (exact) mass is 260 g/mol. The fraction of sp³-hybridized carbons (Fsp3) is 0.167. The predicted octanol–water partition coefficient (Wildman–Crippen LogP) is -0.0875. The maximum Gasteiger partial charge on any atom is 0.329 e. The fourth-order valence-electron chi connectivity index (χ4n) is 1.65. The summed E-state index contributed by atoms with van der Waals surface area (Å²) in [4.78, 5) is 39.1. The molecule has 0 aromatic heterocycles. The second-order valence-electron chi connectivity index (χ2n) is 3.79. The first-order valence-electron chi connectivity index (χ1n) is 5.61. The third kappa shape index (κ3) is 2.66. The van der Waals surface area contributed by atoms with Crippen LogP contribution in [0.15, 0.2) is 29.3 Å². The highest BCUT2D eigenvalue weighted by Crippen LogP contribution is 2.18. The number of hydrogen-bond donors (Lipinski definition) is 2. The molecule has 1 fully saturated rings. The molecule has 3 N–H and O–H groups in total. The number of nitrogens with one attached hydrogen (secondary N) is 1. The number of nitrogens with zero attached hydrogens (tertiary/aromatic N) is 2. The lowest BCUT2D eigenvalue weighted by molar-refractivity contribution is -0.115. The number of imide groups is 1. The van der Waals surface area contributed by atoms with Crippen LogP contribution in [0.1, 0.15) is 10.4 Å². The molecule has 1 aromatic rings. The van der Waals surface area contributed by atoms with Crippen LogP contribution < -0.4 is 16.0 Å². The first kappa shape index (κ1) is 12.9. The van der Waals surface area contributed by atoms with Gasteiger partial charge in [0.15, 0.2) is 0 Å². The summed E-state index contributed by atoms with van der Waals surface area (Å²) in [6, 6.07) is 5.59. The maximum atomic E-state index is 11.6. The number of hydrogen-bond acceptors (Lipinski definition) is 4. The summed E-state index contributed by atoms with van der Waals surface area (Å²) < 4.78 is 0. The molecule has 1 saturated heterocycles. The summed E-state index contributed by atoms with van der Waals surface area (Å²) in [6.07, 6.45) is 1.31. The van der Waals surface area contributed by atoms with Crippen LogP contribution in [0.4, 0.5) is 10.5 Å². The number of rotatable bonds is 3. The molecule has 2 rings (SSSR count). The van der Waals surface area contributed by atoms with Crippen molar-refractivity contribution in [1.29, 1.82) is 0 Å². The van der Waals surface area contributed by atoms with Gasteiger partial charge in [0.25, 0.3) is 11.8 Å². The highest BCUT2D eigenvalue weighted by molar-refractivity contribution is 6.19. The number of carbonyl (C=O) groups is 3. The fourth-order valence-corrected chi connectivity index (χ4v) is 1.65. The molecule has 1 aliphatic rings. The van der Waals surface area contributed by atoms with Gasteiger partial charge in [0.05, 0.1) is 12.2 Å². The van der Waals surface area contributed by atoms with Gasteiger partial charge in [-0.25, -0.2) is 14.7 Å². The van der Waals surface area contributed by atoms with Gasteiger partial charge in [-0.3, -0.25) is 9.59 Å². The van der Waals surface area contributed by atoms with Crippen molar-refractivity contribution in [1.82, 2.24) is 5.32 Å². The normalized spacial score (nSPS) is 15.1. The molecule has 0 aliphatic carbocycles. The SMILES string of the molecule is NCC=NC(=O)c1ccc(N2C(=O)CNC2=O)cc1. The Bertz CT molecular complexity index is 535. The molecule has 7 nitrogen and oxygen atoms in total. The van der Waals surface area contributed by atoms with Gasteiger partial charge in [0.2, 0.25) is 0 Å². The van der Waals surface area contributed by atoms with E-state index in [-0.39, 0.29) is 19.0 Å². The molecule has 1 heterocycles. The van der Waals surface area contributed by atoms with E-state index in [0.717, 1.165) is 4.90 Å². The molecule has 0 atom stereocenters. The van der Waals surface area contributed by atoms with E-state index in [9.17, 15) is 14.4 Å². The summed E-state index contributed by atoms with van der Waals surface area (Å²) in [5, 5.41) is 2.42. The third-order valence-electron chi connectivity index (χ3n) is 2.53. The van der Waals surface area contributed by atoms with Gasteiger partial charge in [-0.1, -0.05) is 0 Å². The van der Waals surface area contributed by atoms with Gasteiger partial charge in [0, 0.05) is 18.3 Å². The van der Waals surface area contributed by atoms with Crippen LogP contribution in [0.2, 0.25) is 0 Å². The van der Waals surface area contributed by atoms with Crippen molar-refractivity contribution in [3.8, 4) is 0 Å². The van der Waals surface area contributed by atoms with Crippen molar-refractivity contribution in [2.75, 3.05) is 18.0 Å². The molecule has 1 aliphatic heterocycles. The van der Waals surface area contributed by atoms with Gasteiger partial charge >= 0.3 is 6.03 Å². The number of amides is 4. The van der Waals surface area contributed by atoms with E-state index >= 15 is 0 Å². The Kier molecular flexibility index (Phi) is 3.67. The van der Waals surface area contributed by atoms with Gasteiger partial charge in [0.1, 0.15) is 0 Å². The Balaban J connectivity index is 2.19. The lowest BCUT2D eigenvalue weighted by Gasteiger charge is -2.12. The number of urea groups is 1. The second-order valence-corrected chi connectivity index (χ2v) is 3.79. The topological polar surface area (TPSA) is 105 Å². The number of aliphatic imine (C=N–C) groups is 1. The molecule has 7 heteroatoms. The van der Waals surface area contributed by atoms with Crippen molar-refractivity contribution in [2.24, 2.45) is 10.7 Å². The predicted molar refractivity (Wildman–Crippen MR) is 69.2 cm³/mol. The zero-order valence-electron chi connectivity index (χ0n) is 10.00. The number of carbonyl (C=O) groups excluding carboxylic acids is 3. The van der Waals surface area contributed by atoms with E-state index in [0.29, 0.717) is 11.3 Å².